The van der Waals surface area contributed by atoms with Crippen molar-refractivity contribution < 1.29 is 0 Å². The van der Waals surface area contributed by atoms with Gasteiger partial charge in [-0.1, -0.05) is 24.3 Å². The lowest BCUT2D eigenvalue weighted by atomic mass is 10.2. The van der Waals surface area contributed by atoms with Gasteiger partial charge in [-0.3, -0.25) is 5.14 Å². The number of imidazole rings is 1. The number of hydrogen-bond acceptors (Lipinski definition) is 5. The van der Waals surface area contributed by atoms with Crippen LogP contribution >= 0.6 is 27.9 Å². The molecule has 6 nitrogen and oxygen atoms in total. The number of fused-ring (bicyclic) bond motifs is 1. The molecule has 0 unspecified atom stereocenters. The van der Waals surface area contributed by atoms with Crippen molar-refractivity contribution in [2.24, 2.45) is 5.14 Å². The second kappa shape index (κ2) is 8.46. The molecular weight excluding hydrogens is 484 g/mol. The summed E-state index contributed by atoms with van der Waals surface area (Å²) < 4.78 is 3.09. The van der Waals surface area contributed by atoms with Gasteiger partial charge in [0, 0.05) is 39.4 Å². The van der Waals surface area contributed by atoms with Crippen LogP contribution < -0.4 is 10.5 Å². The number of aromatic nitrogens is 4. The van der Waals surface area contributed by atoms with Crippen LogP contribution in [0.25, 0.3) is 28.2 Å². The monoisotopic (exact) mass is 504 g/mol. The van der Waals surface area contributed by atoms with E-state index in [0.29, 0.717) is 5.65 Å². The number of para-hydroxylation sites is 1. The van der Waals surface area contributed by atoms with Crippen LogP contribution in [0.15, 0.2) is 76.2 Å². The first-order valence-corrected chi connectivity index (χ1v) is 11.7. The largest absolute Gasteiger partial charge is 0.353 e. The van der Waals surface area contributed by atoms with Gasteiger partial charge in [-0.05, 0) is 78.1 Å². The maximum Gasteiger partial charge on any atom is 0.180 e. The molecule has 0 amide bonds. The van der Waals surface area contributed by atoms with Crippen LogP contribution in [-0.2, 0) is 0 Å². The zero-order valence-corrected chi connectivity index (χ0v) is 20.0. The standard InChI is InChI=1S/C24H21BrN6S/c1-14-11-19(15(2)31(14)17-8-4-3-5-9-17)23-29-22-21(20(25)13-27-24(22)30-23)28-16-7-6-10-18(12-16)32-26/h3-13H,26H2,1-2H3,(H2,27,28,29,30). The molecule has 5 rings (SSSR count). The highest BCUT2D eigenvalue weighted by Gasteiger charge is 2.18. The van der Waals surface area contributed by atoms with E-state index in [0.717, 1.165) is 54.7 Å². The number of benzene rings is 2. The van der Waals surface area contributed by atoms with Crippen molar-refractivity contribution >= 4 is 50.4 Å². The van der Waals surface area contributed by atoms with Crippen LogP contribution in [0.4, 0.5) is 11.4 Å². The molecule has 5 aromatic rings. The molecule has 3 aromatic heterocycles. The minimum Gasteiger partial charge on any atom is -0.353 e. The first-order valence-electron chi connectivity index (χ1n) is 10.1. The van der Waals surface area contributed by atoms with Crippen LogP contribution in [-0.4, -0.2) is 19.5 Å². The van der Waals surface area contributed by atoms with Crippen molar-refractivity contribution in [1.82, 2.24) is 19.5 Å². The molecule has 0 aliphatic rings. The lowest BCUT2D eigenvalue weighted by Crippen LogP contribution is -1.98. The molecule has 160 valence electrons. The molecule has 0 aliphatic carbocycles. The minimum absolute atomic E-state index is 0.652. The molecule has 0 atom stereocenters. The van der Waals surface area contributed by atoms with Gasteiger partial charge in [0.1, 0.15) is 11.3 Å². The van der Waals surface area contributed by atoms with E-state index in [9.17, 15) is 0 Å². The Kier molecular flexibility index (Phi) is 5.50. The molecule has 3 heterocycles. The summed E-state index contributed by atoms with van der Waals surface area (Å²) in [5.41, 5.74) is 7.75. The van der Waals surface area contributed by atoms with E-state index in [2.05, 4.69) is 67.8 Å². The van der Waals surface area contributed by atoms with Gasteiger partial charge in [0.2, 0.25) is 0 Å². The van der Waals surface area contributed by atoms with Crippen LogP contribution in [0.1, 0.15) is 11.4 Å². The molecule has 0 saturated carbocycles. The molecule has 0 fully saturated rings. The third kappa shape index (κ3) is 3.70. The van der Waals surface area contributed by atoms with Gasteiger partial charge in [0.05, 0.1) is 10.2 Å². The number of hydrogen-bond donors (Lipinski definition) is 3. The normalized spacial score (nSPS) is 11.2. The van der Waals surface area contributed by atoms with E-state index in [4.69, 9.17) is 10.1 Å². The summed E-state index contributed by atoms with van der Waals surface area (Å²) in [6.07, 6.45) is 1.77. The number of nitrogens with one attached hydrogen (secondary N) is 2. The summed E-state index contributed by atoms with van der Waals surface area (Å²) in [6, 6.07) is 20.5. The van der Waals surface area contributed by atoms with Gasteiger partial charge in [-0.15, -0.1) is 0 Å². The Morgan fingerprint density at radius 3 is 2.66 bits per heavy atom. The quantitative estimate of drug-likeness (QED) is 0.237. The summed E-state index contributed by atoms with van der Waals surface area (Å²) in [5, 5.41) is 9.20. The molecule has 8 heteroatoms. The zero-order valence-electron chi connectivity index (χ0n) is 17.6. The van der Waals surface area contributed by atoms with Crippen molar-refractivity contribution in [2.45, 2.75) is 18.7 Å². The third-order valence-electron chi connectivity index (χ3n) is 5.41. The van der Waals surface area contributed by atoms with E-state index in [1.807, 2.05) is 42.5 Å². The number of halogens is 1. The molecule has 32 heavy (non-hydrogen) atoms. The minimum atomic E-state index is 0.652. The number of anilines is 2. The Labute approximate surface area is 198 Å². The number of aryl methyl sites for hydroxylation is 1. The Bertz CT molecular complexity index is 1420. The van der Waals surface area contributed by atoms with Crippen molar-refractivity contribution in [3.63, 3.8) is 0 Å². The molecule has 0 radical (unpaired) electrons. The first kappa shape index (κ1) is 20.8. The van der Waals surface area contributed by atoms with Crippen LogP contribution in [0.5, 0.6) is 0 Å². The summed E-state index contributed by atoms with van der Waals surface area (Å²) in [6.45, 7) is 4.22. The predicted octanol–water partition coefficient (Wildman–Crippen LogP) is 6.50. The Balaban J connectivity index is 1.60. The fourth-order valence-corrected chi connectivity index (χ4v) is 4.70. The van der Waals surface area contributed by atoms with Gasteiger partial charge in [-0.2, -0.15) is 0 Å². The van der Waals surface area contributed by atoms with Crippen LogP contribution in [0, 0.1) is 13.8 Å². The highest BCUT2D eigenvalue weighted by molar-refractivity contribution is 9.10. The van der Waals surface area contributed by atoms with E-state index < -0.39 is 0 Å². The molecular formula is C24H21BrN6S. The highest BCUT2D eigenvalue weighted by atomic mass is 79.9. The molecule has 0 aliphatic heterocycles. The van der Waals surface area contributed by atoms with E-state index in [1.54, 1.807) is 6.20 Å². The van der Waals surface area contributed by atoms with Crippen molar-refractivity contribution in [2.75, 3.05) is 5.32 Å². The highest BCUT2D eigenvalue weighted by Crippen LogP contribution is 2.35. The average molecular weight is 505 g/mol. The van der Waals surface area contributed by atoms with Crippen molar-refractivity contribution in [3.8, 4) is 17.1 Å². The molecule has 0 saturated heterocycles. The van der Waals surface area contributed by atoms with Gasteiger partial charge in [0.15, 0.2) is 5.65 Å². The second-order valence-corrected chi connectivity index (χ2v) is 9.05. The Morgan fingerprint density at radius 1 is 1.06 bits per heavy atom. The van der Waals surface area contributed by atoms with Crippen LogP contribution in [0.3, 0.4) is 0 Å². The van der Waals surface area contributed by atoms with Gasteiger partial charge in [0.25, 0.3) is 0 Å². The number of rotatable bonds is 5. The Morgan fingerprint density at radius 2 is 1.88 bits per heavy atom. The van der Waals surface area contributed by atoms with Gasteiger partial charge in [-0.25, -0.2) is 9.97 Å². The van der Waals surface area contributed by atoms with Crippen molar-refractivity contribution in [3.05, 3.63) is 82.7 Å². The number of pyridine rings is 1. The van der Waals surface area contributed by atoms with E-state index in [-0.39, 0.29) is 0 Å². The summed E-state index contributed by atoms with van der Waals surface area (Å²) in [5.74, 6) is 0.787. The maximum absolute atomic E-state index is 5.72. The van der Waals surface area contributed by atoms with Crippen LogP contribution in [0.2, 0.25) is 0 Å². The topological polar surface area (TPSA) is 84.6 Å². The molecule has 0 spiro atoms. The van der Waals surface area contributed by atoms with Crippen molar-refractivity contribution in [1.29, 1.82) is 0 Å². The second-order valence-electron chi connectivity index (χ2n) is 7.49. The first-order chi connectivity index (χ1) is 15.5. The number of aromatic amines is 1. The lowest BCUT2D eigenvalue weighted by molar-refractivity contribution is 0.966. The van der Waals surface area contributed by atoms with Gasteiger partial charge < -0.3 is 14.9 Å². The molecule has 2 aromatic carbocycles. The SMILES string of the molecule is Cc1cc(-c2nc3ncc(Br)c(Nc4cccc(SN)c4)c3[nH]2)c(C)n1-c1ccccc1. The number of H-pyrrole nitrogens is 1. The number of nitrogens with zero attached hydrogens (tertiary/aromatic N) is 3. The smallest absolute Gasteiger partial charge is 0.180 e. The fourth-order valence-electron chi connectivity index (χ4n) is 3.95. The van der Waals surface area contributed by atoms with E-state index in [1.165, 1.54) is 11.9 Å². The summed E-state index contributed by atoms with van der Waals surface area (Å²) in [7, 11) is 0. The zero-order chi connectivity index (χ0) is 22.2. The average Bonchev–Trinajstić information content (AvgIpc) is 3.37. The number of nitrogens with two attached hydrogens (primary N) is 1. The summed E-state index contributed by atoms with van der Waals surface area (Å²) >= 11 is 4.85. The lowest BCUT2D eigenvalue weighted by Gasteiger charge is -2.10. The molecule has 0 bridgehead atoms. The third-order valence-corrected chi connectivity index (χ3v) is 6.54. The van der Waals surface area contributed by atoms with E-state index >= 15 is 0 Å². The van der Waals surface area contributed by atoms with Gasteiger partial charge >= 0.3 is 0 Å². The summed E-state index contributed by atoms with van der Waals surface area (Å²) in [4.78, 5) is 13.8. The fraction of sp³-hybridized carbons (Fsp3) is 0.0833. The Hall–Kier alpha value is -3.07. The molecule has 4 N–H and O–H groups in total. The predicted molar refractivity (Wildman–Crippen MR) is 136 cm³/mol. The maximum atomic E-state index is 5.72.